The summed E-state index contributed by atoms with van der Waals surface area (Å²) < 4.78 is 1.89. The molecule has 0 unspecified atom stereocenters. The van der Waals surface area contributed by atoms with E-state index in [-0.39, 0.29) is 0 Å². The highest BCUT2D eigenvalue weighted by atomic mass is 79.9. The Morgan fingerprint density at radius 1 is 0.395 bits per heavy atom. The van der Waals surface area contributed by atoms with Crippen LogP contribution in [0.1, 0.15) is 0 Å². The lowest BCUT2D eigenvalue weighted by Crippen LogP contribution is -2.00. The maximum absolute atomic E-state index is 4.89. The third-order valence-electron chi connectivity index (χ3n) is 6.14. The van der Waals surface area contributed by atoms with E-state index in [0.717, 1.165) is 42.3 Å². The molecule has 38 heavy (non-hydrogen) atoms. The van der Waals surface area contributed by atoms with Gasteiger partial charge in [-0.2, -0.15) is 0 Å². The van der Waals surface area contributed by atoms with Gasteiger partial charge < -0.3 is 0 Å². The van der Waals surface area contributed by atoms with E-state index in [1.165, 1.54) is 5.56 Å². The quantitative estimate of drug-likeness (QED) is 0.193. The summed E-state index contributed by atoms with van der Waals surface area (Å²) in [6.45, 7) is 0. The molecule has 0 amide bonds. The Balaban J connectivity index is 1.44. The van der Waals surface area contributed by atoms with Gasteiger partial charge in [0.2, 0.25) is 0 Å². The molecule has 0 aliphatic heterocycles. The highest BCUT2D eigenvalue weighted by Gasteiger charge is 2.14. The maximum Gasteiger partial charge on any atom is 0.164 e. The van der Waals surface area contributed by atoms with Gasteiger partial charge in [0.15, 0.2) is 17.5 Å². The Morgan fingerprint density at radius 3 is 1.37 bits per heavy atom. The van der Waals surface area contributed by atoms with Gasteiger partial charge in [0, 0.05) is 38.0 Å². The summed E-state index contributed by atoms with van der Waals surface area (Å²) in [7, 11) is 0. The summed E-state index contributed by atoms with van der Waals surface area (Å²) in [6, 6.07) is 36.9. The molecular weight excluding hydrogens is 600 g/mol. The molecule has 4 aromatic carbocycles. The van der Waals surface area contributed by atoms with Crippen molar-refractivity contribution in [1.82, 2.24) is 19.9 Å². The molecule has 2 heterocycles. The number of benzene rings is 4. The van der Waals surface area contributed by atoms with Crippen LogP contribution in [0.15, 0.2) is 131 Å². The SMILES string of the molecule is Brc1cc(Br)cc(-c2nc(-c3ccc(-c4ccccc4)cc3)nc(-c3ccc(-c4cccnc4)cc3)n2)c1. The average molecular weight is 620 g/mol. The van der Waals surface area contributed by atoms with Gasteiger partial charge in [-0.15, -0.1) is 0 Å². The molecule has 2 aromatic heterocycles. The molecule has 0 bridgehead atoms. The van der Waals surface area contributed by atoms with E-state index < -0.39 is 0 Å². The van der Waals surface area contributed by atoms with Gasteiger partial charge in [-0.05, 0) is 46.5 Å². The van der Waals surface area contributed by atoms with Gasteiger partial charge in [0.25, 0.3) is 0 Å². The predicted molar refractivity (Wildman–Crippen MR) is 160 cm³/mol. The van der Waals surface area contributed by atoms with Crippen LogP contribution in [0.4, 0.5) is 0 Å². The second-order valence-electron chi connectivity index (χ2n) is 8.73. The topological polar surface area (TPSA) is 51.6 Å². The first kappa shape index (κ1) is 24.3. The van der Waals surface area contributed by atoms with Gasteiger partial charge in [-0.3, -0.25) is 4.98 Å². The van der Waals surface area contributed by atoms with E-state index in [2.05, 4.69) is 85.4 Å². The fourth-order valence-electron chi connectivity index (χ4n) is 4.23. The van der Waals surface area contributed by atoms with Crippen molar-refractivity contribution in [2.45, 2.75) is 0 Å². The Kier molecular flexibility index (Phi) is 6.90. The van der Waals surface area contributed by atoms with Crippen molar-refractivity contribution >= 4 is 31.9 Å². The minimum Gasteiger partial charge on any atom is -0.264 e. The van der Waals surface area contributed by atoms with Gasteiger partial charge in [-0.25, -0.2) is 15.0 Å². The van der Waals surface area contributed by atoms with Crippen LogP contribution in [0.25, 0.3) is 56.4 Å². The Hall–Kier alpha value is -4.00. The summed E-state index contributed by atoms with van der Waals surface area (Å²) in [6.07, 6.45) is 3.64. The summed E-state index contributed by atoms with van der Waals surface area (Å²) in [5.41, 5.74) is 7.20. The van der Waals surface area contributed by atoms with Crippen molar-refractivity contribution in [3.8, 4) is 56.4 Å². The van der Waals surface area contributed by atoms with Crippen LogP contribution in [0.2, 0.25) is 0 Å². The lowest BCUT2D eigenvalue weighted by atomic mass is 10.0. The van der Waals surface area contributed by atoms with Crippen molar-refractivity contribution in [1.29, 1.82) is 0 Å². The molecule has 6 rings (SSSR count). The molecular formula is C32H20Br2N4. The van der Waals surface area contributed by atoms with Crippen molar-refractivity contribution in [3.05, 3.63) is 131 Å². The predicted octanol–water partition coefficient (Wildman–Crippen LogP) is 9.13. The van der Waals surface area contributed by atoms with Crippen LogP contribution in [0.5, 0.6) is 0 Å². The van der Waals surface area contributed by atoms with Gasteiger partial charge in [0.1, 0.15) is 0 Å². The lowest BCUT2D eigenvalue weighted by Gasteiger charge is -2.10. The Morgan fingerprint density at radius 2 is 0.842 bits per heavy atom. The molecule has 6 heteroatoms. The van der Waals surface area contributed by atoms with Gasteiger partial charge in [0.05, 0.1) is 0 Å². The molecule has 4 nitrogen and oxygen atoms in total. The number of hydrogen-bond donors (Lipinski definition) is 0. The van der Waals surface area contributed by atoms with E-state index in [9.17, 15) is 0 Å². The Bertz CT molecular complexity index is 1580. The summed E-state index contributed by atoms with van der Waals surface area (Å²) in [5, 5.41) is 0. The molecule has 0 spiro atoms. The largest absolute Gasteiger partial charge is 0.264 e. The average Bonchev–Trinajstić information content (AvgIpc) is 2.97. The highest BCUT2D eigenvalue weighted by Crippen LogP contribution is 2.30. The van der Waals surface area contributed by atoms with Gasteiger partial charge >= 0.3 is 0 Å². The van der Waals surface area contributed by atoms with Crippen LogP contribution in [0, 0.1) is 0 Å². The molecule has 0 saturated carbocycles. The highest BCUT2D eigenvalue weighted by molar-refractivity contribution is 9.11. The third kappa shape index (κ3) is 5.32. The molecule has 0 saturated heterocycles. The van der Waals surface area contributed by atoms with E-state index in [1.807, 2.05) is 66.9 Å². The van der Waals surface area contributed by atoms with Crippen molar-refractivity contribution in [2.24, 2.45) is 0 Å². The smallest absolute Gasteiger partial charge is 0.164 e. The zero-order chi connectivity index (χ0) is 25.9. The number of pyridine rings is 1. The molecule has 0 aliphatic rings. The van der Waals surface area contributed by atoms with Gasteiger partial charge in [-0.1, -0.05) is 117 Å². The van der Waals surface area contributed by atoms with E-state index in [4.69, 9.17) is 15.0 Å². The fraction of sp³-hybridized carbons (Fsp3) is 0. The molecule has 182 valence electrons. The minimum atomic E-state index is 0.607. The van der Waals surface area contributed by atoms with Crippen LogP contribution in [-0.2, 0) is 0 Å². The maximum atomic E-state index is 4.89. The van der Waals surface area contributed by atoms with E-state index in [0.29, 0.717) is 17.5 Å². The van der Waals surface area contributed by atoms with Crippen LogP contribution in [-0.4, -0.2) is 19.9 Å². The molecule has 0 fully saturated rings. The minimum absolute atomic E-state index is 0.607. The van der Waals surface area contributed by atoms with Crippen molar-refractivity contribution in [3.63, 3.8) is 0 Å². The third-order valence-corrected chi connectivity index (χ3v) is 7.06. The second kappa shape index (κ2) is 10.8. The molecule has 0 aliphatic carbocycles. The zero-order valence-corrected chi connectivity index (χ0v) is 23.3. The molecule has 0 radical (unpaired) electrons. The molecule has 0 atom stereocenters. The summed E-state index contributed by atoms with van der Waals surface area (Å²) in [5.74, 6) is 1.85. The number of hydrogen-bond acceptors (Lipinski definition) is 4. The van der Waals surface area contributed by atoms with Crippen LogP contribution >= 0.6 is 31.9 Å². The first-order valence-electron chi connectivity index (χ1n) is 12.0. The number of halogens is 2. The molecule has 0 N–H and O–H groups in total. The number of rotatable bonds is 5. The second-order valence-corrected chi connectivity index (χ2v) is 10.6. The molecule has 6 aromatic rings. The van der Waals surface area contributed by atoms with Crippen LogP contribution in [0.3, 0.4) is 0 Å². The van der Waals surface area contributed by atoms with Crippen molar-refractivity contribution in [2.75, 3.05) is 0 Å². The fourth-order valence-corrected chi connectivity index (χ4v) is 5.53. The monoisotopic (exact) mass is 618 g/mol. The number of nitrogens with zero attached hydrogens (tertiary/aromatic N) is 4. The Labute approximate surface area is 237 Å². The number of aromatic nitrogens is 4. The van der Waals surface area contributed by atoms with Crippen LogP contribution < -0.4 is 0 Å². The summed E-state index contributed by atoms with van der Waals surface area (Å²) in [4.78, 5) is 18.9. The standard InChI is InChI=1S/C32H20Br2N4/c33-28-17-27(18-29(34)19-28)32-37-30(24-12-8-22(9-13-24)21-5-2-1-3-6-21)36-31(38-32)25-14-10-23(11-15-25)26-7-4-16-35-20-26/h1-20H. The first-order valence-corrected chi connectivity index (χ1v) is 13.6. The van der Waals surface area contributed by atoms with E-state index >= 15 is 0 Å². The first-order chi connectivity index (χ1) is 18.6. The normalized spacial score (nSPS) is 10.9. The summed E-state index contributed by atoms with van der Waals surface area (Å²) >= 11 is 7.18. The van der Waals surface area contributed by atoms with Crippen molar-refractivity contribution < 1.29 is 0 Å². The van der Waals surface area contributed by atoms with E-state index in [1.54, 1.807) is 6.20 Å². The zero-order valence-electron chi connectivity index (χ0n) is 20.1. The lowest BCUT2D eigenvalue weighted by molar-refractivity contribution is 1.07.